The molecule has 1 amide bonds. The van der Waals surface area contributed by atoms with Crippen LogP contribution in [0.2, 0.25) is 0 Å². The minimum Gasteiger partial charge on any atom is -0.497 e. The van der Waals surface area contributed by atoms with E-state index in [4.69, 9.17) is 4.74 Å². The maximum atomic E-state index is 12.5. The van der Waals surface area contributed by atoms with Gasteiger partial charge in [-0.15, -0.1) is 0 Å². The van der Waals surface area contributed by atoms with E-state index in [1.54, 1.807) is 56.5 Å². The van der Waals surface area contributed by atoms with Crippen molar-refractivity contribution in [3.63, 3.8) is 0 Å². The van der Waals surface area contributed by atoms with E-state index in [1.165, 1.54) is 12.1 Å². The Morgan fingerprint density at radius 2 is 1.74 bits per heavy atom. The Bertz CT molecular complexity index is 1050. The molecule has 27 heavy (non-hydrogen) atoms. The zero-order chi connectivity index (χ0) is 19.4. The second kappa shape index (κ2) is 7.77. The predicted molar refractivity (Wildman–Crippen MR) is 105 cm³/mol. The van der Waals surface area contributed by atoms with E-state index >= 15 is 0 Å². The number of sulfonamides is 1. The third kappa shape index (κ3) is 4.44. The summed E-state index contributed by atoms with van der Waals surface area (Å²) in [6.45, 7) is 1.65. The number of carbonyl (C=O) groups is 1. The number of nitrogens with one attached hydrogen (secondary N) is 2. The van der Waals surface area contributed by atoms with Crippen molar-refractivity contribution in [3.8, 4) is 5.75 Å². The second-order valence-corrected chi connectivity index (χ2v) is 8.22. The Morgan fingerprint density at radius 3 is 2.37 bits per heavy atom. The number of aryl methyl sites for hydroxylation is 1. The molecule has 0 aliphatic heterocycles. The predicted octanol–water partition coefficient (Wildman–Crippen LogP) is 3.51. The first-order valence-corrected chi connectivity index (χ1v) is 10.2. The molecular formula is C18H17N3O4S2. The summed E-state index contributed by atoms with van der Waals surface area (Å²) in [6.07, 6.45) is 0. The molecule has 0 unspecified atom stereocenters. The van der Waals surface area contributed by atoms with E-state index in [1.807, 2.05) is 0 Å². The summed E-state index contributed by atoms with van der Waals surface area (Å²) in [5.74, 6) is 0.319. The first kappa shape index (κ1) is 18.9. The van der Waals surface area contributed by atoms with Crippen molar-refractivity contribution in [3.05, 3.63) is 65.2 Å². The Morgan fingerprint density at radius 1 is 1.07 bits per heavy atom. The minimum absolute atomic E-state index is 0.127. The fraction of sp³-hybridized carbons (Fsp3) is 0.111. The largest absolute Gasteiger partial charge is 0.497 e. The summed E-state index contributed by atoms with van der Waals surface area (Å²) in [5, 5.41) is 2.89. The molecule has 0 radical (unpaired) electrons. The first-order chi connectivity index (χ1) is 12.9. The molecule has 9 heteroatoms. The van der Waals surface area contributed by atoms with Crippen LogP contribution in [0.1, 0.15) is 15.4 Å². The van der Waals surface area contributed by atoms with Crippen LogP contribution < -0.4 is 14.8 Å². The second-order valence-electron chi connectivity index (χ2n) is 5.53. The number of hydrogen-bond acceptors (Lipinski definition) is 6. The lowest BCUT2D eigenvalue weighted by Crippen LogP contribution is -2.12. The third-order valence-electron chi connectivity index (χ3n) is 3.63. The maximum Gasteiger partial charge on any atom is 0.267 e. The lowest BCUT2D eigenvalue weighted by atomic mass is 10.3. The zero-order valence-electron chi connectivity index (χ0n) is 14.6. The summed E-state index contributed by atoms with van der Waals surface area (Å²) in [4.78, 5) is 17.1. The normalized spacial score (nSPS) is 11.0. The van der Waals surface area contributed by atoms with E-state index in [9.17, 15) is 13.2 Å². The first-order valence-electron chi connectivity index (χ1n) is 7.90. The highest BCUT2D eigenvalue weighted by atomic mass is 32.2. The molecule has 3 aromatic rings. The molecule has 7 nitrogen and oxygen atoms in total. The SMILES string of the molecule is COc1ccc(NC(=O)c2sc(NS(=O)(=O)c3ccccc3)nc2C)cc1. The van der Waals surface area contributed by atoms with Crippen LogP contribution >= 0.6 is 11.3 Å². The Labute approximate surface area is 161 Å². The van der Waals surface area contributed by atoms with Gasteiger partial charge < -0.3 is 10.1 Å². The molecule has 0 spiro atoms. The van der Waals surface area contributed by atoms with Crippen molar-refractivity contribution in [2.24, 2.45) is 0 Å². The molecule has 0 bridgehead atoms. The number of carbonyl (C=O) groups excluding carboxylic acids is 1. The fourth-order valence-electron chi connectivity index (χ4n) is 2.29. The number of ether oxygens (including phenoxy) is 1. The number of anilines is 2. The highest BCUT2D eigenvalue weighted by molar-refractivity contribution is 7.93. The van der Waals surface area contributed by atoms with Crippen molar-refractivity contribution in [1.29, 1.82) is 0 Å². The summed E-state index contributed by atoms with van der Waals surface area (Å²) >= 11 is 0.978. The Kier molecular flexibility index (Phi) is 5.43. The summed E-state index contributed by atoms with van der Waals surface area (Å²) < 4.78 is 32.3. The maximum absolute atomic E-state index is 12.5. The van der Waals surface area contributed by atoms with Gasteiger partial charge in [0.15, 0.2) is 5.13 Å². The van der Waals surface area contributed by atoms with Gasteiger partial charge in [-0.05, 0) is 43.3 Å². The van der Waals surface area contributed by atoms with Crippen molar-refractivity contribution >= 4 is 38.1 Å². The van der Waals surface area contributed by atoms with Gasteiger partial charge in [-0.1, -0.05) is 29.5 Å². The smallest absolute Gasteiger partial charge is 0.267 e. The summed E-state index contributed by atoms with van der Waals surface area (Å²) in [7, 11) is -2.19. The molecule has 0 atom stereocenters. The van der Waals surface area contributed by atoms with Crippen LogP contribution in [0.5, 0.6) is 5.75 Å². The highest BCUT2D eigenvalue weighted by Crippen LogP contribution is 2.26. The number of methoxy groups -OCH3 is 1. The molecule has 0 fully saturated rings. The summed E-state index contributed by atoms with van der Waals surface area (Å²) in [6, 6.07) is 14.9. The van der Waals surface area contributed by atoms with Crippen LogP contribution in [0.25, 0.3) is 0 Å². The Hall–Kier alpha value is -2.91. The van der Waals surface area contributed by atoms with Gasteiger partial charge in [0.1, 0.15) is 10.6 Å². The van der Waals surface area contributed by atoms with Crippen LogP contribution in [-0.4, -0.2) is 26.4 Å². The van der Waals surface area contributed by atoms with Gasteiger partial charge in [-0.3, -0.25) is 9.52 Å². The molecule has 0 saturated heterocycles. The van der Waals surface area contributed by atoms with Crippen molar-refractivity contribution in [2.45, 2.75) is 11.8 Å². The standard InChI is InChI=1S/C18H17N3O4S2/c1-12-16(17(22)20-13-8-10-14(25-2)11-9-13)26-18(19-12)21-27(23,24)15-6-4-3-5-7-15/h3-11H,1-2H3,(H,19,21)(H,20,22). The van der Waals surface area contributed by atoms with Gasteiger partial charge >= 0.3 is 0 Å². The highest BCUT2D eigenvalue weighted by Gasteiger charge is 2.20. The van der Waals surface area contributed by atoms with Gasteiger partial charge in [-0.2, -0.15) is 0 Å². The van der Waals surface area contributed by atoms with E-state index in [-0.39, 0.29) is 15.9 Å². The third-order valence-corrected chi connectivity index (χ3v) is 6.18. The van der Waals surface area contributed by atoms with Crippen molar-refractivity contribution < 1.29 is 17.9 Å². The molecule has 0 saturated carbocycles. The van der Waals surface area contributed by atoms with Crippen LogP contribution in [0.15, 0.2) is 59.5 Å². The molecule has 140 valence electrons. The van der Waals surface area contributed by atoms with Gasteiger partial charge in [0.2, 0.25) is 0 Å². The molecule has 0 aliphatic carbocycles. The lowest BCUT2D eigenvalue weighted by Gasteiger charge is -2.05. The number of benzene rings is 2. The lowest BCUT2D eigenvalue weighted by molar-refractivity contribution is 0.103. The number of amides is 1. The van der Waals surface area contributed by atoms with Crippen LogP contribution in [0.3, 0.4) is 0 Å². The van der Waals surface area contributed by atoms with Gasteiger partial charge in [0.05, 0.1) is 17.7 Å². The molecule has 0 aliphatic rings. The summed E-state index contributed by atoms with van der Waals surface area (Å²) in [5.41, 5.74) is 1.04. The quantitative estimate of drug-likeness (QED) is 0.656. The molecule has 3 rings (SSSR count). The number of aromatic nitrogens is 1. The van der Waals surface area contributed by atoms with Crippen LogP contribution in [0, 0.1) is 6.92 Å². The van der Waals surface area contributed by atoms with Crippen LogP contribution in [-0.2, 0) is 10.0 Å². The van der Waals surface area contributed by atoms with Crippen LogP contribution in [0.4, 0.5) is 10.8 Å². The van der Waals surface area contributed by atoms with E-state index in [0.717, 1.165) is 11.3 Å². The average Bonchev–Trinajstić information content (AvgIpc) is 3.02. The minimum atomic E-state index is -3.76. The monoisotopic (exact) mass is 403 g/mol. The molecule has 1 aromatic heterocycles. The van der Waals surface area contributed by atoms with Gasteiger partial charge in [0.25, 0.3) is 15.9 Å². The topological polar surface area (TPSA) is 97.4 Å². The Balaban J connectivity index is 1.76. The number of nitrogens with zero attached hydrogens (tertiary/aromatic N) is 1. The van der Waals surface area contributed by atoms with Gasteiger partial charge in [0, 0.05) is 5.69 Å². The fourth-order valence-corrected chi connectivity index (χ4v) is 4.40. The van der Waals surface area contributed by atoms with Gasteiger partial charge in [-0.25, -0.2) is 13.4 Å². The molecule has 2 aromatic carbocycles. The van der Waals surface area contributed by atoms with E-state index in [2.05, 4.69) is 15.0 Å². The number of rotatable bonds is 6. The van der Waals surface area contributed by atoms with E-state index < -0.39 is 10.0 Å². The van der Waals surface area contributed by atoms with E-state index in [0.29, 0.717) is 22.0 Å². The molecular weight excluding hydrogens is 386 g/mol. The molecule has 1 heterocycles. The average molecular weight is 403 g/mol. The van der Waals surface area contributed by atoms with Crippen molar-refractivity contribution in [1.82, 2.24) is 4.98 Å². The van der Waals surface area contributed by atoms with Crippen molar-refractivity contribution in [2.75, 3.05) is 17.1 Å². The number of hydrogen-bond donors (Lipinski definition) is 2. The number of thiazole rings is 1. The zero-order valence-corrected chi connectivity index (χ0v) is 16.2. The molecule has 2 N–H and O–H groups in total.